The molecule has 0 unspecified atom stereocenters. The molecule has 1 aromatic heterocycles. The van der Waals surface area contributed by atoms with E-state index in [2.05, 4.69) is 9.64 Å². The molecule has 218 valence electrons. The number of nitrogens with zero attached hydrogens (tertiary/aromatic N) is 2. The fourth-order valence-electron chi connectivity index (χ4n) is 5.12. The Balaban J connectivity index is 1.30. The molecule has 3 aromatic carbocycles. The number of benzene rings is 3. The molecule has 2 heterocycles. The number of piperidine rings is 1. The molecule has 0 atom stereocenters. The third-order valence-corrected chi connectivity index (χ3v) is 7.46. The first-order valence-corrected chi connectivity index (χ1v) is 13.7. The predicted octanol–water partition coefficient (Wildman–Crippen LogP) is 7.81. The van der Waals surface area contributed by atoms with Crippen LogP contribution >= 0.6 is 0 Å². The number of hydrogen-bond acceptors (Lipinski definition) is 5. The standard InChI is InChI=1S/C33H31F3N2O4/c1-21-6-13-30(28(18-21)29-4-3-5-31(37-29)38-16-14-24(15-17-38)32(39)40)41-20-26-8-7-25(19-22(26)2)23-9-11-27(12-10-23)42-33(34,35)36/h3-13,18-19,24H,14-17,20H2,1-2H3,(H,39,40). The molecule has 9 heteroatoms. The summed E-state index contributed by atoms with van der Waals surface area (Å²) < 4.78 is 47.7. The minimum absolute atomic E-state index is 0.260. The van der Waals surface area contributed by atoms with Crippen LogP contribution in [0.5, 0.6) is 11.5 Å². The topological polar surface area (TPSA) is 71.9 Å². The van der Waals surface area contributed by atoms with Crippen molar-refractivity contribution >= 4 is 11.8 Å². The number of ether oxygens (including phenoxy) is 2. The number of carboxylic acids is 1. The minimum Gasteiger partial charge on any atom is -0.488 e. The molecule has 1 aliphatic heterocycles. The molecule has 4 aromatic rings. The van der Waals surface area contributed by atoms with Gasteiger partial charge in [-0.25, -0.2) is 4.98 Å². The number of hydrogen-bond donors (Lipinski definition) is 1. The van der Waals surface area contributed by atoms with Crippen molar-refractivity contribution < 1.29 is 32.5 Å². The Morgan fingerprint density at radius 2 is 1.67 bits per heavy atom. The lowest BCUT2D eigenvalue weighted by Crippen LogP contribution is -2.36. The van der Waals surface area contributed by atoms with Crippen molar-refractivity contribution in [2.45, 2.75) is 39.7 Å². The summed E-state index contributed by atoms with van der Waals surface area (Å²) in [4.78, 5) is 18.4. The Hall–Kier alpha value is -4.53. The summed E-state index contributed by atoms with van der Waals surface area (Å²) in [5, 5.41) is 9.32. The molecule has 1 N–H and O–H groups in total. The third-order valence-electron chi connectivity index (χ3n) is 7.46. The van der Waals surface area contributed by atoms with Crippen molar-refractivity contribution in [2.24, 2.45) is 5.92 Å². The smallest absolute Gasteiger partial charge is 0.488 e. The molecular weight excluding hydrogens is 545 g/mol. The largest absolute Gasteiger partial charge is 0.573 e. The Kier molecular flexibility index (Phi) is 8.38. The SMILES string of the molecule is Cc1ccc(OCc2ccc(-c3ccc(OC(F)(F)F)cc3)cc2C)c(-c2cccc(N3CCC(C(=O)O)CC3)n2)c1. The van der Waals surface area contributed by atoms with Crippen molar-refractivity contribution in [1.29, 1.82) is 0 Å². The van der Waals surface area contributed by atoms with E-state index in [1.165, 1.54) is 12.1 Å². The van der Waals surface area contributed by atoms with Gasteiger partial charge in [-0.05, 0) is 85.3 Å². The van der Waals surface area contributed by atoms with Gasteiger partial charge in [-0.2, -0.15) is 0 Å². The maximum atomic E-state index is 12.5. The summed E-state index contributed by atoms with van der Waals surface area (Å²) in [6, 6.07) is 23.5. The normalized spacial score (nSPS) is 14.1. The van der Waals surface area contributed by atoms with E-state index in [1.807, 2.05) is 68.4 Å². The lowest BCUT2D eigenvalue weighted by molar-refractivity contribution is -0.274. The highest BCUT2D eigenvalue weighted by Crippen LogP contribution is 2.33. The minimum atomic E-state index is -4.73. The van der Waals surface area contributed by atoms with E-state index in [0.29, 0.717) is 38.3 Å². The summed E-state index contributed by atoms with van der Waals surface area (Å²) >= 11 is 0. The molecule has 5 rings (SSSR count). The molecular formula is C33H31F3N2O4. The first-order chi connectivity index (χ1) is 20.1. The molecule has 0 saturated carbocycles. The number of aliphatic carboxylic acids is 1. The number of pyridine rings is 1. The predicted molar refractivity (Wildman–Crippen MR) is 155 cm³/mol. The van der Waals surface area contributed by atoms with Gasteiger partial charge in [0, 0.05) is 18.7 Å². The van der Waals surface area contributed by atoms with Gasteiger partial charge in [-0.15, -0.1) is 13.2 Å². The number of carboxylic acid groups (broad SMARTS) is 1. The van der Waals surface area contributed by atoms with Crippen LogP contribution in [0, 0.1) is 19.8 Å². The zero-order valence-electron chi connectivity index (χ0n) is 23.3. The second kappa shape index (κ2) is 12.1. The summed E-state index contributed by atoms with van der Waals surface area (Å²) in [6.07, 6.45) is -3.54. The lowest BCUT2D eigenvalue weighted by Gasteiger charge is -2.31. The number of carbonyl (C=O) groups is 1. The number of alkyl halides is 3. The number of halogens is 3. The zero-order chi connectivity index (χ0) is 29.9. The first-order valence-electron chi connectivity index (χ1n) is 13.7. The summed E-state index contributed by atoms with van der Waals surface area (Å²) in [7, 11) is 0. The van der Waals surface area contributed by atoms with Crippen molar-refractivity contribution in [3.8, 4) is 33.9 Å². The molecule has 0 spiro atoms. The summed E-state index contributed by atoms with van der Waals surface area (Å²) in [5.41, 5.74) is 6.33. The van der Waals surface area contributed by atoms with Crippen LogP contribution in [0.15, 0.2) is 78.9 Å². The Morgan fingerprint density at radius 3 is 2.33 bits per heavy atom. The van der Waals surface area contributed by atoms with Gasteiger partial charge in [0.1, 0.15) is 23.9 Å². The highest BCUT2D eigenvalue weighted by atomic mass is 19.4. The van der Waals surface area contributed by atoms with E-state index in [1.54, 1.807) is 12.1 Å². The maximum Gasteiger partial charge on any atom is 0.573 e. The fraction of sp³-hybridized carbons (Fsp3) is 0.273. The average Bonchev–Trinajstić information content (AvgIpc) is 2.97. The summed E-state index contributed by atoms with van der Waals surface area (Å²) in [6.45, 7) is 5.59. The van der Waals surface area contributed by atoms with Crippen molar-refractivity contribution in [2.75, 3.05) is 18.0 Å². The van der Waals surface area contributed by atoms with Crippen molar-refractivity contribution in [1.82, 2.24) is 4.98 Å². The molecule has 0 radical (unpaired) electrons. The molecule has 1 aliphatic rings. The van der Waals surface area contributed by atoms with E-state index in [-0.39, 0.29) is 11.7 Å². The van der Waals surface area contributed by atoms with Crippen LogP contribution in [0.4, 0.5) is 19.0 Å². The van der Waals surface area contributed by atoms with Crippen molar-refractivity contribution in [3.63, 3.8) is 0 Å². The molecule has 1 saturated heterocycles. The quantitative estimate of drug-likeness (QED) is 0.231. The van der Waals surface area contributed by atoms with Crippen LogP contribution in [0.1, 0.15) is 29.5 Å². The van der Waals surface area contributed by atoms with Crippen LogP contribution in [-0.2, 0) is 11.4 Å². The van der Waals surface area contributed by atoms with Crippen LogP contribution < -0.4 is 14.4 Å². The Bertz CT molecular complexity index is 1560. The third kappa shape index (κ3) is 7.02. The van der Waals surface area contributed by atoms with Crippen LogP contribution in [0.2, 0.25) is 0 Å². The summed E-state index contributed by atoms with van der Waals surface area (Å²) in [5.74, 6) is 0.199. The van der Waals surface area contributed by atoms with E-state index >= 15 is 0 Å². The zero-order valence-corrected chi connectivity index (χ0v) is 23.3. The van der Waals surface area contributed by atoms with Crippen molar-refractivity contribution in [3.05, 3.63) is 95.6 Å². The molecule has 0 amide bonds. The van der Waals surface area contributed by atoms with Gasteiger partial charge >= 0.3 is 12.3 Å². The van der Waals surface area contributed by atoms with Crippen LogP contribution in [0.3, 0.4) is 0 Å². The second-order valence-electron chi connectivity index (χ2n) is 10.5. The second-order valence-corrected chi connectivity index (χ2v) is 10.5. The highest BCUT2D eigenvalue weighted by molar-refractivity contribution is 5.71. The molecule has 1 fully saturated rings. The molecule has 0 aliphatic carbocycles. The number of anilines is 1. The highest BCUT2D eigenvalue weighted by Gasteiger charge is 2.31. The number of rotatable bonds is 8. The van der Waals surface area contributed by atoms with Crippen LogP contribution in [0.25, 0.3) is 22.4 Å². The van der Waals surface area contributed by atoms with Gasteiger partial charge < -0.3 is 19.5 Å². The molecule has 0 bridgehead atoms. The molecule has 6 nitrogen and oxygen atoms in total. The van der Waals surface area contributed by atoms with E-state index in [9.17, 15) is 23.1 Å². The van der Waals surface area contributed by atoms with Gasteiger partial charge in [0.05, 0.1) is 11.6 Å². The van der Waals surface area contributed by atoms with Gasteiger partial charge in [0.25, 0.3) is 0 Å². The average molecular weight is 577 g/mol. The van der Waals surface area contributed by atoms with Crippen LogP contribution in [-0.4, -0.2) is 35.5 Å². The van der Waals surface area contributed by atoms with Gasteiger partial charge in [0.15, 0.2) is 0 Å². The van der Waals surface area contributed by atoms with Gasteiger partial charge in [0.2, 0.25) is 0 Å². The number of aromatic nitrogens is 1. The first kappa shape index (κ1) is 29.0. The fourth-order valence-corrected chi connectivity index (χ4v) is 5.12. The van der Waals surface area contributed by atoms with E-state index in [4.69, 9.17) is 9.72 Å². The van der Waals surface area contributed by atoms with E-state index in [0.717, 1.165) is 44.9 Å². The lowest BCUT2D eigenvalue weighted by atomic mass is 9.97. The Morgan fingerprint density at radius 1 is 0.952 bits per heavy atom. The Labute approximate surface area is 242 Å². The van der Waals surface area contributed by atoms with E-state index < -0.39 is 12.3 Å². The maximum absolute atomic E-state index is 12.5. The van der Waals surface area contributed by atoms with Gasteiger partial charge in [-0.1, -0.05) is 48.0 Å². The van der Waals surface area contributed by atoms with Gasteiger partial charge in [-0.3, -0.25) is 4.79 Å². The molecule has 42 heavy (non-hydrogen) atoms. The number of aryl methyl sites for hydroxylation is 2. The monoisotopic (exact) mass is 576 g/mol.